The minimum absolute atomic E-state index is 0.0242. The molecule has 2 N–H and O–H groups in total. The van der Waals surface area contributed by atoms with Gasteiger partial charge in [0.25, 0.3) is 5.69 Å². The van der Waals surface area contributed by atoms with Gasteiger partial charge in [0.15, 0.2) is 0 Å². The van der Waals surface area contributed by atoms with Gasteiger partial charge in [-0.2, -0.15) is 0 Å². The predicted octanol–water partition coefficient (Wildman–Crippen LogP) is 2.87. The third-order valence-electron chi connectivity index (χ3n) is 5.66. The molecule has 1 saturated carbocycles. The number of hydrogen-bond acceptors (Lipinski definition) is 5. The Kier molecular flexibility index (Phi) is 5.46. The molecule has 1 saturated heterocycles. The van der Waals surface area contributed by atoms with E-state index in [9.17, 15) is 14.9 Å². The van der Waals surface area contributed by atoms with Crippen molar-refractivity contribution in [3.05, 3.63) is 34.4 Å². The number of benzene rings is 1. The van der Waals surface area contributed by atoms with Crippen LogP contribution in [0.1, 0.15) is 45.4 Å². The molecule has 0 bridgehead atoms. The fraction of sp³-hybridized carbons (Fsp3) is 0.632. The highest BCUT2D eigenvalue weighted by Crippen LogP contribution is 2.33. The number of ether oxygens (including phenoxy) is 1. The Balaban J connectivity index is 1.52. The first kappa shape index (κ1) is 18.6. The highest BCUT2D eigenvalue weighted by Gasteiger charge is 2.40. The molecule has 1 aromatic rings. The van der Waals surface area contributed by atoms with E-state index in [4.69, 9.17) is 10.5 Å². The van der Waals surface area contributed by atoms with E-state index in [1.807, 2.05) is 11.8 Å². The molecule has 1 aliphatic heterocycles. The second-order valence-corrected chi connectivity index (χ2v) is 7.70. The van der Waals surface area contributed by atoms with Crippen molar-refractivity contribution in [1.29, 1.82) is 0 Å². The number of nitro groups is 1. The number of likely N-dealkylation sites (tertiary alicyclic amines) is 1. The van der Waals surface area contributed by atoms with Crippen molar-refractivity contribution < 1.29 is 14.5 Å². The topological polar surface area (TPSA) is 98.7 Å². The summed E-state index contributed by atoms with van der Waals surface area (Å²) in [6.07, 6.45) is 5.50. The Hall–Kier alpha value is -2.15. The molecule has 142 valence electrons. The lowest BCUT2D eigenvalue weighted by Gasteiger charge is -2.41. The molecule has 0 aromatic heterocycles. The molecule has 7 heteroatoms. The maximum Gasteiger partial charge on any atom is 0.269 e. The van der Waals surface area contributed by atoms with Crippen molar-refractivity contribution in [3.8, 4) is 5.75 Å². The smallest absolute Gasteiger partial charge is 0.269 e. The molecule has 0 radical (unpaired) electrons. The van der Waals surface area contributed by atoms with E-state index in [2.05, 4.69) is 0 Å². The van der Waals surface area contributed by atoms with Crippen molar-refractivity contribution in [2.75, 3.05) is 13.1 Å². The van der Waals surface area contributed by atoms with Gasteiger partial charge in [-0.1, -0.05) is 12.8 Å². The van der Waals surface area contributed by atoms with E-state index in [1.165, 1.54) is 12.1 Å². The Morgan fingerprint density at radius 1 is 1.23 bits per heavy atom. The average molecular weight is 361 g/mol. The number of nitrogens with two attached hydrogens (primary N) is 1. The molecule has 3 rings (SSSR count). The lowest BCUT2D eigenvalue weighted by Crippen LogP contribution is -2.55. The van der Waals surface area contributed by atoms with Crippen LogP contribution in [0, 0.1) is 16.0 Å². The van der Waals surface area contributed by atoms with E-state index >= 15 is 0 Å². The molecular weight excluding hydrogens is 334 g/mol. The number of rotatable bonds is 4. The second-order valence-electron chi connectivity index (χ2n) is 7.70. The van der Waals surface area contributed by atoms with Crippen molar-refractivity contribution in [1.82, 2.24) is 4.90 Å². The summed E-state index contributed by atoms with van der Waals surface area (Å²) in [4.78, 5) is 25.1. The van der Waals surface area contributed by atoms with Gasteiger partial charge in [0, 0.05) is 43.6 Å². The van der Waals surface area contributed by atoms with Crippen LogP contribution in [0.15, 0.2) is 24.3 Å². The molecule has 1 heterocycles. The van der Waals surface area contributed by atoms with Crippen molar-refractivity contribution >= 4 is 11.6 Å². The van der Waals surface area contributed by atoms with Crippen LogP contribution >= 0.6 is 0 Å². The number of nitrogens with zero attached hydrogens (tertiary/aromatic N) is 2. The van der Waals surface area contributed by atoms with E-state index < -0.39 is 10.5 Å². The van der Waals surface area contributed by atoms with E-state index in [-0.39, 0.29) is 23.6 Å². The quantitative estimate of drug-likeness (QED) is 0.657. The van der Waals surface area contributed by atoms with Crippen LogP contribution < -0.4 is 10.5 Å². The van der Waals surface area contributed by atoms with E-state index in [0.717, 1.165) is 38.5 Å². The zero-order chi connectivity index (χ0) is 18.7. The molecule has 1 aliphatic carbocycles. The molecular formula is C19H27N3O4. The van der Waals surface area contributed by atoms with Gasteiger partial charge in [-0.3, -0.25) is 14.9 Å². The first-order valence-electron chi connectivity index (χ1n) is 9.35. The zero-order valence-corrected chi connectivity index (χ0v) is 15.2. The molecule has 2 unspecified atom stereocenters. The Bertz CT molecular complexity index is 651. The number of piperidine rings is 1. The molecule has 0 spiro atoms. The van der Waals surface area contributed by atoms with Crippen molar-refractivity contribution in [3.63, 3.8) is 0 Å². The van der Waals surface area contributed by atoms with E-state index in [1.54, 1.807) is 12.1 Å². The summed E-state index contributed by atoms with van der Waals surface area (Å²) in [6.45, 7) is 3.34. The number of nitro benzene ring substituents is 1. The maximum absolute atomic E-state index is 12.9. The molecule has 26 heavy (non-hydrogen) atoms. The molecule has 2 atom stereocenters. The van der Waals surface area contributed by atoms with Gasteiger partial charge < -0.3 is 15.4 Å². The van der Waals surface area contributed by atoms with Crippen LogP contribution in [0.4, 0.5) is 5.69 Å². The first-order chi connectivity index (χ1) is 12.4. The van der Waals surface area contributed by atoms with Crippen LogP contribution in [0.5, 0.6) is 5.75 Å². The van der Waals surface area contributed by atoms with Crippen molar-refractivity contribution in [2.45, 2.75) is 57.1 Å². The number of amides is 1. The first-order valence-corrected chi connectivity index (χ1v) is 9.35. The third-order valence-corrected chi connectivity index (χ3v) is 5.66. The largest absolute Gasteiger partial charge is 0.490 e. The molecule has 1 aromatic carbocycles. The third kappa shape index (κ3) is 4.15. The lowest BCUT2D eigenvalue weighted by atomic mass is 9.74. The summed E-state index contributed by atoms with van der Waals surface area (Å²) in [5.74, 6) is 0.731. The zero-order valence-electron chi connectivity index (χ0n) is 15.2. The predicted molar refractivity (Wildman–Crippen MR) is 97.9 cm³/mol. The van der Waals surface area contributed by atoms with Crippen LogP contribution in [-0.4, -0.2) is 40.5 Å². The van der Waals surface area contributed by atoms with Gasteiger partial charge in [0.2, 0.25) is 5.91 Å². The highest BCUT2D eigenvalue weighted by molar-refractivity contribution is 5.80. The summed E-state index contributed by atoms with van der Waals surface area (Å²) >= 11 is 0. The van der Waals surface area contributed by atoms with Crippen molar-refractivity contribution in [2.24, 2.45) is 11.7 Å². The maximum atomic E-state index is 12.9. The SMILES string of the molecule is CC1(N)CCCCC1C(=O)N1CCC(Oc2ccc([N+](=O)[O-])cc2)CC1. The monoisotopic (exact) mass is 361 g/mol. The highest BCUT2D eigenvalue weighted by atomic mass is 16.6. The Morgan fingerprint density at radius 2 is 1.88 bits per heavy atom. The average Bonchev–Trinajstić information content (AvgIpc) is 2.62. The second kappa shape index (κ2) is 7.61. The number of carbonyl (C=O) groups is 1. The fourth-order valence-corrected chi connectivity index (χ4v) is 4.02. The van der Waals surface area contributed by atoms with E-state index in [0.29, 0.717) is 18.8 Å². The number of hydrogen-bond donors (Lipinski definition) is 1. The minimum Gasteiger partial charge on any atom is -0.490 e. The summed E-state index contributed by atoms with van der Waals surface area (Å²) in [6, 6.07) is 6.13. The molecule has 2 aliphatic rings. The van der Waals surface area contributed by atoms with Crippen LogP contribution in [0.3, 0.4) is 0 Å². The number of carbonyl (C=O) groups excluding carboxylic acids is 1. The molecule has 7 nitrogen and oxygen atoms in total. The fourth-order valence-electron chi connectivity index (χ4n) is 4.02. The Labute approximate surface area is 153 Å². The van der Waals surface area contributed by atoms with Crippen LogP contribution in [-0.2, 0) is 4.79 Å². The van der Waals surface area contributed by atoms with Gasteiger partial charge in [-0.05, 0) is 31.9 Å². The summed E-state index contributed by atoms with van der Waals surface area (Å²) in [5.41, 5.74) is 6.02. The minimum atomic E-state index is -0.426. The molecule has 2 fully saturated rings. The van der Waals surface area contributed by atoms with Gasteiger partial charge in [-0.25, -0.2) is 0 Å². The normalized spacial score (nSPS) is 27.2. The van der Waals surface area contributed by atoms with Crippen LogP contribution in [0.2, 0.25) is 0 Å². The van der Waals surface area contributed by atoms with Gasteiger partial charge >= 0.3 is 0 Å². The lowest BCUT2D eigenvalue weighted by molar-refractivity contribution is -0.384. The van der Waals surface area contributed by atoms with Crippen LogP contribution in [0.25, 0.3) is 0 Å². The Morgan fingerprint density at radius 3 is 2.46 bits per heavy atom. The van der Waals surface area contributed by atoms with Gasteiger partial charge in [0.1, 0.15) is 11.9 Å². The van der Waals surface area contributed by atoms with Gasteiger partial charge in [0.05, 0.1) is 10.8 Å². The summed E-state index contributed by atoms with van der Waals surface area (Å²) < 4.78 is 5.92. The summed E-state index contributed by atoms with van der Waals surface area (Å²) in [5, 5.41) is 10.7. The van der Waals surface area contributed by atoms with Gasteiger partial charge in [-0.15, -0.1) is 0 Å². The summed E-state index contributed by atoms with van der Waals surface area (Å²) in [7, 11) is 0. The molecule has 1 amide bonds. The standard InChI is InChI=1S/C19H27N3O4/c1-19(20)11-3-2-4-17(19)18(23)21-12-9-16(10-13-21)26-15-7-5-14(6-8-15)22(24)25/h5-8,16-17H,2-4,9-13,20H2,1H3. The number of non-ortho nitro benzene ring substituents is 1.